The van der Waals surface area contributed by atoms with Gasteiger partial charge < -0.3 is 5.32 Å². The molecule has 28 heavy (non-hydrogen) atoms. The Bertz CT molecular complexity index is 741. The number of benzene rings is 1. The van der Waals surface area contributed by atoms with Crippen molar-refractivity contribution in [3.05, 3.63) is 53.9 Å². The van der Waals surface area contributed by atoms with Gasteiger partial charge in [-0.25, -0.2) is 0 Å². The molecule has 2 aromatic rings. The van der Waals surface area contributed by atoms with Crippen LogP contribution in [0.25, 0.3) is 0 Å². The smallest absolute Gasteiger partial charge is 0.251 e. The predicted molar refractivity (Wildman–Crippen MR) is 111 cm³/mol. The molecule has 5 nitrogen and oxygen atoms in total. The van der Waals surface area contributed by atoms with Gasteiger partial charge in [-0.1, -0.05) is 37.8 Å². The van der Waals surface area contributed by atoms with Crippen LogP contribution in [0.5, 0.6) is 0 Å². The molecule has 0 radical (unpaired) electrons. The quantitative estimate of drug-likeness (QED) is 0.828. The fraction of sp³-hybridized carbons (Fsp3) is 0.565. The molecule has 1 saturated heterocycles. The minimum atomic E-state index is 0.0487. The molecular weight excluding hydrogens is 348 g/mol. The van der Waals surface area contributed by atoms with Crippen molar-refractivity contribution in [3.8, 4) is 0 Å². The molecule has 150 valence electrons. The summed E-state index contributed by atoms with van der Waals surface area (Å²) in [5.74, 6) is 0.0487. The Morgan fingerprint density at radius 1 is 1.00 bits per heavy atom. The molecular formula is C23H32N4O. The topological polar surface area (TPSA) is 50.2 Å². The third kappa shape index (κ3) is 4.46. The van der Waals surface area contributed by atoms with Crippen molar-refractivity contribution in [2.24, 2.45) is 0 Å². The molecule has 5 heteroatoms. The van der Waals surface area contributed by atoms with E-state index in [-0.39, 0.29) is 11.4 Å². The zero-order valence-electron chi connectivity index (χ0n) is 16.8. The summed E-state index contributed by atoms with van der Waals surface area (Å²) in [7, 11) is 0. The van der Waals surface area contributed by atoms with E-state index in [1.54, 1.807) is 6.20 Å². The van der Waals surface area contributed by atoms with E-state index in [1.165, 1.54) is 64.5 Å². The maximum Gasteiger partial charge on any atom is 0.251 e. The molecule has 1 aromatic heterocycles. The minimum Gasteiger partial charge on any atom is -0.350 e. The summed E-state index contributed by atoms with van der Waals surface area (Å²) in [5.41, 5.74) is 2.07. The van der Waals surface area contributed by atoms with Crippen LogP contribution in [0.3, 0.4) is 0 Å². The Balaban J connectivity index is 1.37. The molecule has 2 fully saturated rings. The van der Waals surface area contributed by atoms with Crippen molar-refractivity contribution >= 4 is 5.91 Å². The van der Waals surface area contributed by atoms with Crippen molar-refractivity contribution in [3.63, 3.8) is 0 Å². The van der Waals surface area contributed by atoms with Crippen molar-refractivity contribution in [2.45, 2.75) is 63.5 Å². The molecule has 2 heterocycles. The van der Waals surface area contributed by atoms with E-state index in [0.717, 1.165) is 24.2 Å². The molecule has 1 aromatic carbocycles. The average molecular weight is 381 g/mol. The third-order valence-electron chi connectivity index (χ3n) is 6.51. The summed E-state index contributed by atoms with van der Waals surface area (Å²) < 4.78 is 1.89. The number of hydrogen-bond donors (Lipinski definition) is 1. The molecule has 0 atom stereocenters. The second kappa shape index (κ2) is 8.91. The first-order chi connectivity index (χ1) is 13.8. The number of piperidine rings is 1. The van der Waals surface area contributed by atoms with Gasteiger partial charge >= 0.3 is 0 Å². The van der Waals surface area contributed by atoms with Gasteiger partial charge in [-0.2, -0.15) is 5.10 Å². The van der Waals surface area contributed by atoms with Gasteiger partial charge in [0.2, 0.25) is 0 Å². The number of aromatic nitrogens is 2. The number of carbonyl (C=O) groups excluding carboxylic acids is 1. The van der Waals surface area contributed by atoms with Crippen LogP contribution in [-0.4, -0.2) is 45.8 Å². The van der Waals surface area contributed by atoms with Gasteiger partial charge in [-0.15, -0.1) is 0 Å². The van der Waals surface area contributed by atoms with E-state index in [4.69, 9.17) is 0 Å². The van der Waals surface area contributed by atoms with Crippen LogP contribution in [0.2, 0.25) is 0 Å². The van der Waals surface area contributed by atoms with Crippen LogP contribution in [-0.2, 0) is 6.54 Å². The maximum atomic E-state index is 12.8. The lowest BCUT2D eigenvalue weighted by Crippen LogP contribution is -2.58. The number of likely N-dealkylation sites (tertiary alicyclic amines) is 1. The normalized spacial score (nSPS) is 20.0. The molecule has 0 bridgehead atoms. The van der Waals surface area contributed by atoms with Crippen LogP contribution in [0.1, 0.15) is 67.3 Å². The Hall–Kier alpha value is -2.14. The first-order valence-electron chi connectivity index (χ1n) is 10.8. The van der Waals surface area contributed by atoms with Crippen molar-refractivity contribution in [1.82, 2.24) is 20.0 Å². The predicted octanol–water partition coefficient (Wildman–Crippen LogP) is 3.85. The summed E-state index contributed by atoms with van der Waals surface area (Å²) in [6.07, 6.45) is 14.0. The molecule has 1 amide bonds. The number of carbonyl (C=O) groups is 1. The summed E-state index contributed by atoms with van der Waals surface area (Å²) in [6.45, 7) is 3.89. The molecule has 1 aliphatic heterocycles. The Morgan fingerprint density at radius 3 is 2.39 bits per heavy atom. The fourth-order valence-corrected chi connectivity index (χ4v) is 4.87. The zero-order valence-corrected chi connectivity index (χ0v) is 16.8. The van der Waals surface area contributed by atoms with Crippen LogP contribution < -0.4 is 5.32 Å². The summed E-state index contributed by atoms with van der Waals surface area (Å²) in [6, 6.07) is 9.84. The van der Waals surface area contributed by atoms with Crippen LogP contribution in [0.15, 0.2) is 42.7 Å². The van der Waals surface area contributed by atoms with E-state index in [9.17, 15) is 4.79 Å². The number of amides is 1. The van der Waals surface area contributed by atoms with Gasteiger partial charge in [0.05, 0.1) is 6.54 Å². The van der Waals surface area contributed by atoms with Gasteiger partial charge in [0.1, 0.15) is 0 Å². The van der Waals surface area contributed by atoms with Crippen LogP contribution in [0.4, 0.5) is 0 Å². The Kier molecular flexibility index (Phi) is 6.10. The molecule has 1 saturated carbocycles. The SMILES string of the molecule is O=C(NCC1(N2CCCCC2)CCCCC1)c1ccc(Cn2cccn2)cc1. The lowest BCUT2D eigenvalue weighted by molar-refractivity contribution is 0.0326. The Morgan fingerprint density at radius 2 is 1.71 bits per heavy atom. The average Bonchev–Trinajstić information content (AvgIpc) is 3.27. The maximum absolute atomic E-state index is 12.8. The third-order valence-corrected chi connectivity index (χ3v) is 6.51. The first-order valence-corrected chi connectivity index (χ1v) is 10.8. The van der Waals surface area contributed by atoms with E-state index in [1.807, 2.05) is 41.2 Å². The zero-order chi connectivity index (χ0) is 19.2. The van der Waals surface area contributed by atoms with Gasteiger partial charge in [-0.05, 0) is 62.5 Å². The van der Waals surface area contributed by atoms with Gasteiger partial charge in [0.25, 0.3) is 5.91 Å². The highest BCUT2D eigenvalue weighted by Crippen LogP contribution is 2.35. The van der Waals surface area contributed by atoms with Crippen molar-refractivity contribution in [1.29, 1.82) is 0 Å². The van der Waals surface area contributed by atoms with E-state index < -0.39 is 0 Å². The molecule has 0 spiro atoms. The van der Waals surface area contributed by atoms with Crippen molar-refractivity contribution < 1.29 is 4.79 Å². The largest absolute Gasteiger partial charge is 0.350 e. The fourth-order valence-electron chi connectivity index (χ4n) is 4.87. The monoisotopic (exact) mass is 380 g/mol. The molecule has 1 N–H and O–H groups in total. The van der Waals surface area contributed by atoms with Crippen LogP contribution >= 0.6 is 0 Å². The molecule has 1 aliphatic carbocycles. The highest BCUT2D eigenvalue weighted by Gasteiger charge is 2.38. The number of rotatable bonds is 6. The molecule has 0 unspecified atom stereocenters. The standard InChI is InChI=1S/C23H32N4O/c28-22(21-10-8-20(9-11-21)18-27-17-7-14-25-27)24-19-23(12-3-1-4-13-23)26-15-5-2-6-16-26/h7-11,14,17H,1-6,12-13,15-16,18-19H2,(H,24,28). The summed E-state index contributed by atoms with van der Waals surface area (Å²) in [5, 5.41) is 7.51. The second-order valence-corrected chi connectivity index (χ2v) is 8.42. The van der Waals surface area contributed by atoms with Gasteiger partial charge in [0, 0.05) is 30.0 Å². The number of hydrogen-bond acceptors (Lipinski definition) is 3. The Labute approximate surface area is 168 Å². The molecule has 2 aliphatic rings. The van der Waals surface area contributed by atoms with E-state index in [2.05, 4.69) is 15.3 Å². The number of nitrogens with one attached hydrogen (secondary N) is 1. The minimum absolute atomic E-state index is 0.0487. The van der Waals surface area contributed by atoms with E-state index in [0.29, 0.717) is 0 Å². The van der Waals surface area contributed by atoms with E-state index >= 15 is 0 Å². The number of nitrogens with zero attached hydrogens (tertiary/aromatic N) is 3. The highest BCUT2D eigenvalue weighted by atomic mass is 16.1. The second-order valence-electron chi connectivity index (χ2n) is 8.42. The van der Waals surface area contributed by atoms with Gasteiger partial charge in [0.15, 0.2) is 0 Å². The van der Waals surface area contributed by atoms with Gasteiger partial charge in [-0.3, -0.25) is 14.4 Å². The summed E-state index contributed by atoms with van der Waals surface area (Å²) >= 11 is 0. The van der Waals surface area contributed by atoms with Crippen molar-refractivity contribution in [2.75, 3.05) is 19.6 Å². The molecule has 4 rings (SSSR count). The lowest BCUT2D eigenvalue weighted by Gasteiger charge is -2.48. The first kappa shape index (κ1) is 19.2. The lowest BCUT2D eigenvalue weighted by atomic mass is 9.79. The highest BCUT2D eigenvalue weighted by molar-refractivity contribution is 5.94. The van der Waals surface area contributed by atoms with Crippen LogP contribution in [0, 0.1) is 0 Å². The summed E-state index contributed by atoms with van der Waals surface area (Å²) in [4.78, 5) is 15.5.